The lowest BCUT2D eigenvalue weighted by Crippen LogP contribution is -1.99. The van der Waals surface area contributed by atoms with Gasteiger partial charge in [0.25, 0.3) is 0 Å². The van der Waals surface area contributed by atoms with Crippen molar-refractivity contribution in [3.63, 3.8) is 0 Å². The van der Waals surface area contributed by atoms with Crippen molar-refractivity contribution in [3.05, 3.63) is 53.0 Å². The van der Waals surface area contributed by atoms with Gasteiger partial charge < -0.3 is 5.11 Å². The Morgan fingerprint density at radius 2 is 1.88 bits per heavy atom. The minimum Gasteiger partial charge on any atom is -0.384 e. The standard InChI is InChI=1S/C12H9Br3OS/c1-6-2-3-7(4-9(6)13)11(16)8-5-10(14)17-12(8)15/h2-5,11,16H,1H3. The second-order valence-corrected chi connectivity index (χ2v) is 8.29. The van der Waals surface area contributed by atoms with Crippen LogP contribution in [0.4, 0.5) is 0 Å². The van der Waals surface area contributed by atoms with Crippen molar-refractivity contribution in [3.8, 4) is 0 Å². The molecule has 0 radical (unpaired) electrons. The van der Waals surface area contributed by atoms with Crippen LogP contribution < -0.4 is 0 Å². The molecule has 90 valence electrons. The van der Waals surface area contributed by atoms with E-state index in [-0.39, 0.29) is 0 Å². The van der Waals surface area contributed by atoms with Crippen LogP contribution >= 0.6 is 59.1 Å². The van der Waals surface area contributed by atoms with Crippen LogP contribution in [0, 0.1) is 6.92 Å². The van der Waals surface area contributed by atoms with Crippen molar-refractivity contribution in [2.75, 3.05) is 0 Å². The molecule has 0 bridgehead atoms. The van der Waals surface area contributed by atoms with Gasteiger partial charge in [0.1, 0.15) is 6.10 Å². The molecule has 1 aromatic heterocycles. The number of rotatable bonds is 2. The molecule has 0 aliphatic rings. The maximum atomic E-state index is 10.3. The van der Waals surface area contributed by atoms with Crippen LogP contribution in [0.1, 0.15) is 22.8 Å². The maximum Gasteiger partial charge on any atom is 0.106 e. The number of hydrogen-bond donors (Lipinski definition) is 1. The first kappa shape index (κ1) is 13.7. The summed E-state index contributed by atoms with van der Waals surface area (Å²) in [5.41, 5.74) is 2.93. The van der Waals surface area contributed by atoms with Gasteiger partial charge in [0.15, 0.2) is 0 Å². The van der Waals surface area contributed by atoms with Gasteiger partial charge in [-0.2, -0.15) is 0 Å². The van der Waals surface area contributed by atoms with Crippen LogP contribution in [0.3, 0.4) is 0 Å². The predicted molar refractivity (Wildman–Crippen MR) is 82.7 cm³/mol. The van der Waals surface area contributed by atoms with Crippen molar-refractivity contribution in [1.82, 2.24) is 0 Å². The third-order valence-electron chi connectivity index (χ3n) is 2.49. The molecule has 5 heteroatoms. The van der Waals surface area contributed by atoms with Crippen LogP contribution in [0.15, 0.2) is 36.3 Å². The lowest BCUT2D eigenvalue weighted by Gasteiger charge is -2.11. The summed E-state index contributed by atoms with van der Waals surface area (Å²) in [6, 6.07) is 7.84. The van der Waals surface area contributed by atoms with Crippen LogP contribution in [0.2, 0.25) is 0 Å². The van der Waals surface area contributed by atoms with E-state index in [1.807, 2.05) is 31.2 Å². The lowest BCUT2D eigenvalue weighted by molar-refractivity contribution is 0.220. The molecular formula is C12H9Br3OS. The SMILES string of the molecule is Cc1ccc(C(O)c2cc(Br)sc2Br)cc1Br. The summed E-state index contributed by atoms with van der Waals surface area (Å²) in [5, 5.41) is 10.3. The maximum absolute atomic E-state index is 10.3. The Kier molecular flexibility index (Phi) is 4.47. The van der Waals surface area contributed by atoms with E-state index in [1.165, 1.54) is 0 Å². The normalized spacial score (nSPS) is 12.8. The summed E-state index contributed by atoms with van der Waals surface area (Å²) in [5.74, 6) is 0. The second-order valence-electron chi connectivity index (χ2n) is 3.69. The van der Waals surface area contributed by atoms with Gasteiger partial charge in [0.2, 0.25) is 0 Å². The molecule has 1 N–H and O–H groups in total. The molecule has 0 fully saturated rings. The molecule has 2 aromatic rings. The fourth-order valence-electron chi connectivity index (χ4n) is 1.50. The highest BCUT2D eigenvalue weighted by Gasteiger charge is 2.17. The molecule has 1 nitrogen and oxygen atoms in total. The largest absolute Gasteiger partial charge is 0.384 e. The van der Waals surface area contributed by atoms with E-state index in [9.17, 15) is 5.11 Å². The summed E-state index contributed by atoms with van der Waals surface area (Å²) in [6.07, 6.45) is -0.608. The van der Waals surface area contributed by atoms with E-state index in [2.05, 4.69) is 47.8 Å². The van der Waals surface area contributed by atoms with E-state index < -0.39 is 6.10 Å². The Labute approximate surface area is 129 Å². The Morgan fingerprint density at radius 1 is 1.18 bits per heavy atom. The number of hydrogen-bond acceptors (Lipinski definition) is 2. The Hall–Kier alpha value is 0.320. The van der Waals surface area contributed by atoms with Crippen LogP contribution in [0.25, 0.3) is 0 Å². The van der Waals surface area contributed by atoms with Gasteiger partial charge in [-0.05, 0) is 62.0 Å². The summed E-state index contributed by atoms with van der Waals surface area (Å²) >= 11 is 11.9. The monoisotopic (exact) mass is 438 g/mol. The number of benzene rings is 1. The molecule has 0 amide bonds. The Morgan fingerprint density at radius 3 is 2.41 bits per heavy atom. The zero-order valence-corrected chi connectivity index (χ0v) is 14.5. The van der Waals surface area contributed by atoms with Crippen LogP contribution in [-0.2, 0) is 0 Å². The summed E-state index contributed by atoms with van der Waals surface area (Å²) in [4.78, 5) is 0. The van der Waals surface area contributed by atoms with E-state index in [4.69, 9.17) is 0 Å². The molecule has 0 saturated heterocycles. The third-order valence-corrected chi connectivity index (χ3v) is 5.73. The molecule has 0 aliphatic heterocycles. The van der Waals surface area contributed by atoms with E-state index >= 15 is 0 Å². The minimum atomic E-state index is -0.608. The number of aryl methyl sites for hydroxylation is 1. The first-order valence-corrected chi connectivity index (χ1v) is 8.07. The topological polar surface area (TPSA) is 20.2 Å². The molecule has 0 aliphatic carbocycles. The average Bonchev–Trinajstić information content (AvgIpc) is 2.61. The second kappa shape index (κ2) is 5.53. The smallest absolute Gasteiger partial charge is 0.106 e. The Balaban J connectivity index is 2.40. The van der Waals surface area contributed by atoms with E-state index in [0.717, 1.165) is 28.7 Å². The molecule has 0 spiro atoms. The van der Waals surface area contributed by atoms with Crippen molar-refractivity contribution in [2.45, 2.75) is 13.0 Å². The molecule has 0 saturated carbocycles. The van der Waals surface area contributed by atoms with Crippen LogP contribution in [0.5, 0.6) is 0 Å². The van der Waals surface area contributed by atoms with Crippen molar-refractivity contribution in [2.24, 2.45) is 0 Å². The van der Waals surface area contributed by atoms with E-state index in [0.29, 0.717) is 0 Å². The van der Waals surface area contributed by atoms with Gasteiger partial charge in [-0.3, -0.25) is 0 Å². The van der Waals surface area contributed by atoms with Gasteiger partial charge in [-0.1, -0.05) is 28.1 Å². The zero-order valence-electron chi connectivity index (χ0n) is 8.88. The predicted octanol–water partition coefficient (Wildman–Crippen LogP) is 5.43. The number of aliphatic hydroxyl groups excluding tert-OH is 1. The van der Waals surface area contributed by atoms with Gasteiger partial charge in [0.05, 0.1) is 7.57 Å². The van der Waals surface area contributed by atoms with Gasteiger partial charge in [0, 0.05) is 10.0 Å². The average molecular weight is 441 g/mol. The molecule has 1 heterocycles. The molecule has 1 atom stereocenters. The third kappa shape index (κ3) is 3.01. The highest BCUT2D eigenvalue weighted by molar-refractivity contribution is 9.12. The first-order chi connectivity index (χ1) is 7.99. The molecule has 2 rings (SSSR count). The summed E-state index contributed by atoms with van der Waals surface area (Å²) in [7, 11) is 0. The summed E-state index contributed by atoms with van der Waals surface area (Å²) < 4.78 is 2.97. The number of halogens is 3. The Bertz CT molecular complexity index is 551. The molecular weight excluding hydrogens is 432 g/mol. The van der Waals surface area contributed by atoms with Crippen molar-refractivity contribution < 1.29 is 5.11 Å². The van der Waals surface area contributed by atoms with E-state index in [1.54, 1.807) is 11.3 Å². The quantitative estimate of drug-likeness (QED) is 0.660. The number of thiophene rings is 1. The first-order valence-electron chi connectivity index (χ1n) is 4.88. The highest BCUT2D eigenvalue weighted by atomic mass is 79.9. The molecule has 1 unspecified atom stereocenters. The lowest BCUT2D eigenvalue weighted by atomic mass is 10.0. The summed E-state index contributed by atoms with van der Waals surface area (Å²) in [6.45, 7) is 2.03. The highest BCUT2D eigenvalue weighted by Crippen LogP contribution is 2.38. The van der Waals surface area contributed by atoms with Gasteiger partial charge >= 0.3 is 0 Å². The van der Waals surface area contributed by atoms with Gasteiger partial charge in [-0.15, -0.1) is 11.3 Å². The molecule has 1 aromatic carbocycles. The fraction of sp³-hybridized carbons (Fsp3) is 0.167. The zero-order chi connectivity index (χ0) is 12.6. The van der Waals surface area contributed by atoms with Gasteiger partial charge in [-0.25, -0.2) is 0 Å². The number of aliphatic hydroxyl groups is 1. The van der Waals surface area contributed by atoms with Crippen molar-refractivity contribution in [1.29, 1.82) is 0 Å². The van der Waals surface area contributed by atoms with Crippen molar-refractivity contribution >= 4 is 59.1 Å². The minimum absolute atomic E-state index is 0.608. The fourth-order valence-corrected chi connectivity index (χ4v) is 4.78. The molecule has 17 heavy (non-hydrogen) atoms. The van der Waals surface area contributed by atoms with Crippen LogP contribution in [-0.4, -0.2) is 5.11 Å².